The van der Waals surface area contributed by atoms with E-state index in [9.17, 15) is 9.59 Å². The smallest absolute Gasteiger partial charge is 0.313 e. The molecule has 0 spiro atoms. The summed E-state index contributed by atoms with van der Waals surface area (Å²) in [6, 6.07) is 7.02. The summed E-state index contributed by atoms with van der Waals surface area (Å²) in [7, 11) is 0. The lowest BCUT2D eigenvalue weighted by Crippen LogP contribution is -2.35. The summed E-state index contributed by atoms with van der Waals surface area (Å²) in [5.41, 5.74) is 0.580. The van der Waals surface area contributed by atoms with Gasteiger partial charge in [-0.05, 0) is 37.1 Å². The van der Waals surface area contributed by atoms with Crippen LogP contribution in [0, 0.1) is 0 Å². The summed E-state index contributed by atoms with van der Waals surface area (Å²) in [5.74, 6) is -0.481. The molecule has 0 unspecified atom stereocenters. The van der Waals surface area contributed by atoms with Gasteiger partial charge in [0.25, 0.3) is 0 Å². The Balaban J connectivity index is 2.35. The molecule has 2 N–H and O–H groups in total. The fourth-order valence-corrected chi connectivity index (χ4v) is 1.81. The van der Waals surface area contributed by atoms with Crippen LogP contribution >= 0.6 is 0 Å². The highest BCUT2D eigenvalue weighted by molar-refractivity contribution is 6.39. The largest absolute Gasteiger partial charge is 0.494 e. The zero-order valence-electron chi connectivity index (χ0n) is 13.5. The molecule has 0 aliphatic heterocycles. The number of hydrogen-bond acceptors (Lipinski definition) is 3. The van der Waals surface area contributed by atoms with Crippen LogP contribution in [-0.2, 0) is 9.59 Å². The highest BCUT2D eigenvalue weighted by Crippen LogP contribution is 2.15. The van der Waals surface area contributed by atoms with Gasteiger partial charge in [0.05, 0.1) is 6.61 Å². The van der Waals surface area contributed by atoms with Crippen LogP contribution in [0.25, 0.3) is 0 Å². The van der Waals surface area contributed by atoms with Crippen LogP contribution in [0.5, 0.6) is 5.75 Å². The zero-order valence-corrected chi connectivity index (χ0v) is 13.5. The van der Waals surface area contributed by atoms with Gasteiger partial charge in [-0.15, -0.1) is 0 Å². The van der Waals surface area contributed by atoms with Crippen molar-refractivity contribution in [2.24, 2.45) is 0 Å². The molecular weight excluding hydrogens is 280 g/mol. The number of hydrogen-bond donors (Lipinski definition) is 2. The van der Waals surface area contributed by atoms with E-state index in [-0.39, 0.29) is 0 Å². The van der Waals surface area contributed by atoms with E-state index in [2.05, 4.69) is 24.5 Å². The number of carbonyl (C=O) groups is 2. The minimum atomic E-state index is -0.642. The number of ether oxygens (including phenoxy) is 1. The first kappa shape index (κ1) is 18.0. The van der Waals surface area contributed by atoms with Crippen LogP contribution < -0.4 is 15.4 Å². The number of unbranched alkanes of at least 4 members (excludes halogenated alkanes) is 3. The van der Waals surface area contributed by atoms with Gasteiger partial charge in [-0.1, -0.05) is 33.1 Å². The summed E-state index contributed by atoms with van der Waals surface area (Å²) < 4.78 is 5.54. The molecule has 0 radical (unpaired) electrons. The van der Waals surface area contributed by atoms with Crippen molar-refractivity contribution >= 4 is 17.5 Å². The molecule has 5 heteroatoms. The average Bonchev–Trinajstić information content (AvgIpc) is 2.53. The third kappa shape index (κ3) is 7.11. The van der Waals surface area contributed by atoms with Gasteiger partial charge in [0.15, 0.2) is 0 Å². The first-order chi connectivity index (χ1) is 10.7. The third-order valence-corrected chi connectivity index (χ3v) is 3.15. The highest BCUT2D eigenvalue weighted by Gasteiger charge is 2.12. The van der Waals surface area contributed by atoms with Crippen LogP contribution in [0.4, 0.5) is 5.69 Å². The highest BCUT2D eigenvalue weighted by atomic mass is 16.5. The molecule has 0 aliphatic carbocycles. The maximum absolute atomic E-state index is 11.7. The Labute approximate surface area is 132 Å². The Morgan fingerprint density at radius 2 is 1.64 bits per heavy atom. The Morgan fingerprint density at radius 1 is 0.955 bits per heavy atom. The second-order valence-electron chi connectivity index (χ2n) is 5.14. The number of benzene rings is 1. The summed E-state index contributed by atoms with van der Waals surface area (Å²) in [4.78, 5) is 23.3. The average molecular weight is 306 g/mol. The molecule has 0 aromatic heterocycles. The lowest BCUT2D eigenvalue weighted by Gasteiger charge is -2.08. The molecule has 0 saturated carbocycles. The molecule has 1 aromatic carbocycles. The van der Waals surface area contributed by atoms with Crippen LogP contribution in [0.1, 0.15) is 46.0 Å². The van der Waals surface area contributed by atoms with Gasteiger partial charge in [-0.2, -0.15) is 0 Å². The van der Waals surface area contributed by atoms with E-state index in [4.69, 9.17) is 4.74 Å². The summed E-state index contributed by atoms with van der Waals surface area (Å²) >= 11 is 0. The van der Waals surface area contributed by atoms with Crippen molar-refractivity contribution in [3.63, 3.8) is 0 Å². The lowest BCUT2D eigenvalue weighted by atomic mass is 10.2. The van der Waals surface area contributed by atoms with Crippen molar-refractivity contribution < 1.29 is 14.3 Å². The minimum absolute atomic E-state index is 0.532. The van der Waals surface area contributed by atoms with E-state index in [1.165, 1.54) is 0 Å². The minimum Gasteiger partial charge on any atom is -0.494 e. The number of amides is 2. The fraction of sp³-hybridized carbons (Fsp3) is 0.529. The molecule has 0 saturated heterocycles. The van der Waals surface area contributed by atoms with E-state index >= 15 is 0 Å². The van der Waals surface area contributed by atoms with Crippen molar-refractivity contribution in [1.29, 1.82) is 0 Å². The van der Waals surface area contributed by atoms with Crippen molar-refractivity contribution in [2.75, 3.05) is 18.5 Å². The van der Waals surface area contributed by atoms with E-state index in [1.54, 1.807) is 24.3 Å². The quantitative estimate of drug-likeness (QED) is 0.544. The molecule has 2 amide bonds. The van der Waals surface area contributed by atoms with Crippen LogP contribution in [-0.4, -0.2) is 25.0 Å². The molecule has 1 aromatic rings. The number of nitrogens with one attached hydrogen (secondary N) is 2. The van der Waals surface area contributed by atoms with Gasteiger partial charge in [-0.3, -0.25) is 9.59 Å². The molecule has 5 nitrogen and oxygen atoms in total. The molecule has 0 aliphatic rings. The monoisotopic (exact) mass is 306 g/mol. The third-order valence-electron chi connectivity index (χ3n) is 3.15. The molecule has 122 valence electrons. The standard InChI is InChI=1S/C17H26N2O3/c1-3-5-7-12-18-16(20)17(21)19-14-8-10-15(11-9-14)22-13-6-4-2/h8-11H,3-7,12-13H2,1-2H3,(H,18,20)(H,19,21). The van der Waals surface area contributed by atoms with Gasteiger partial charge in [-0.25, -0.2) is 0 Å². The predicted octanol–water partition coefficient (Wildman–Crippen LogP) is 3.11. The maximum atomic E-state index is 11.7. The van der Waals surface area contributed by atoms with E-state index in [0.717, 1.165) is 37.9 Å². The van der Waals surface area contributed by atoms with Crippen LogP contribution in [0.15, 0.2) is 24.3 Å². The van der Waals surface area contributed by atoms with Crippen LogP contribution in [0.3, 0.4) is 0 Å². The normalized spacial score (nSPS) is 10.1. The molecule has 0 heterocycles. The van der Waals surface area contributed by atoms with Gasteiger partial charge >= 0.3 is 11.8 Å². The molecule has 0 fully saturated rings. The number of anilines is 1. The molecular formula is C17H26N2O3. The molecule has 0 atom stereocenters. The van der Waals surface area contributed by atoms with Gasteiger partial charge in [0, 0.05) is 12.2 Å². The Bertz CT molecular complexity index is 457. The molecule has 1 rings (SSSR count). The predicted molar refractivity (Wildman–Crippen MR) is 88.0 cm³/mol. The second kappa shape index (κ2) is 10.7. The Morgan fingerprint density at radius 3 is 2.27 bits per heavy atom. The molecule has 22 heavy (non-hydrogen) atoms. The fourth-order valence-electron chi connectivity index (χ4n) is 1.81. The van der Waals surface area contributed by atoms with Crippen molar-refractivity contribution in [1.82, 2.24) is 5.32 Å². The van der Waals surface area contributed by atoms with Gasteiger partial charge in [0.2, 0.25) is 0 Å². The first-order valence-corrected chi connectivity index (χ1v) is 7.99. The van der Waals surface area contributed by atoms with E-state index < -0.39 is 11.8 Å². The van der Waals surface area contributed by atoms with E-state index in [1.807, 2.05) is 0 Å². The van der Waals surface area contributed by atoms with Crippen LogP contribution in [0.2, 0.25) is 0 Å². The SMILES string of the molecule is CCCCCNC(=O)C(=O)Nc1ccc(OCCCC)cc1. The van der Waals surface area contributed by atoms with Crippen molar-refractivity contribution in [3.8, 4) is 5.75 Å². The summed E-state index contributed by atoms with van der Waals surface area (Å²) in [6.07, 6.45) is 5.10. The Hall–Kier alpha value is -2.04. The first-order valence-electron chi connectivity index (χ1n) is 7.99. The molecule has 0 bridgehead atoms. The Kier molecular flexibility index (Phi) is 8.72. The van der Waals surface area contributed by atoms with Crippen molar-refractivity contribution in [2.45, 2.75) is 46.0 Å². The van der Waals surface area contributed by atoms with Gasteiger partial charge in [0.1, 0.15) is 5.75 Å². The topological polar surface area (TPSA) is 67.4 Å². The number of carbonyl (C=O) groups excluding carboxylic acids is 2. The zero-order chi connectivity index (χ0) is 16.2. The second-order valence-corrected chi connectivity index (χ2v) is 5.14. The van der Waals surface area contributed by atoms with E-state index in [0.29, 0.717) is 18.8 Å². The summed E-state index contributed by atoms with van der Waals surface area (Å²) in [6.45, 7) is 5.41. The van der Waals surface area contributed by atoms with Gasteiger partial charge < -0.3 is 15.4 Å². The lowest BCUT2D eigenvalue weighted by molar-refractivity contribution is -0.136. The maximum Gasteiger partial charge on any atom is 0.313 e. The van der Waals surface area contributed by atoms with Crippen molar-refractivity contribution in [3.05, 3.63) is 24.3 Å². The summed E-state index contributed by atoms with van der Waals surface area (Å²) in [5, 5.41) is 5.18. The number of rotatable bonds is 9.